The molecule has 116 valence electrons. The number of amides is 3. The Hall–Kier alpha value is -1.60. The molecule has 0 bridgehead atoms. The number of nitrogens with one attached hydrogen (secondary N) is 3. The second-order valence-corrected chi connectivity index (χ2v) is 6.43. The fourth-order valence-electron chi connectivity index (χ4n) is 2.50. The van der Waals surface area contributed by atoms with Crippen LogP contribution in [0, 0.1) is 0 Å². The van der Waals surface area contributed by atoms with Crippen molar-refractivity contribution in [3.05, 3.63) is 21.9 Å². The summed E-state index contributed by atoms with van der Waals surface area (Å²) in [4.78, 5) is 24.5. The van der Waals surface area contributed by atoms with E-state index in [1.54, 1.807) is 17.6 Å². The fraction of sp³-hybridized carbons (Fsp3) is 0.571. The molecule has 4 N–H and O–H groups in total. The van der Waals surface area contributed by atoms with Crippen LogP contribution < -0.4 is 16.1 Å². The van der Waals surface area contributed by atoms with Crippen LogP contribution in [0.5, 0.6) is 0 Å². The molecule has 3 amide bonds. The standard InChI is InChI=1S/C14H21N3O3S/c1-9(11-7-8-12(21-11)13(18)17-20)15-14(19)16-10-5-3-2-4-6-10/h7-10,20H,2-6H2,1H3,(H,17,18)(H2,15,16,19). The van der Waals surface area contributed by atoms with Crippen LogP contribution in [-0.2, 0) is 0 Å². The lowest BCUT2D eigenvalue weighted by atomic mass is 9.96. The normalized spacial score (nSPS) is 17.0. The van der Waals surface area contributed by atoms with Gasteiger partial charge in [-0.15, -0.1) is 11.3 Å². The molecule has 0 aromatic carbocycles. The summed E-state index contributed by atoms with van der Waals surface area (Å²) in [6, 6.07) is 3.32. The van der Waals surface area contributed by atoms with Gasteiger partial charge in [-0.1, -0.05) is 19.3 Å². The molecule has 0 saturated heterocycles. The van der Waals surface area contributed by atoms with Crippen LogP contribution in [0.3, 0.4) is 0 Å². The van der Waals surface area contributed by atoms with Crippen LogP contribution in [0.2, 0.25) is 0 Å². The van der Waals surface area contributed by atoms with Crippen molar-refractivity contribution in [2.45, 2.75) is 51.1 Å². The van der Waals surface area contributed by atoms with Gasteiger partial charge in [0, 0.05) is 10.9 Å². The van der Waals surface area contributed by atoms with E-state index in [-0.39, 0.29) is 18.1 Å². The summed E-state index contributed by atoms with van der Waals surface area (Å²) < 4.78 is 0. The van der Waals surface area contributed by atoms with E-state index >= 15 is 0 Å². The molecule has 0 aliphatic heterocycles. The number of hydrogen-bond acceptors (Lipinski definition) is 4. The first-order chi connectivity index (χ1) is 10.1. The quantitative estimate of drug-likeness (QED) is 0.509. The van der Waals surface area contributed by atoms with Gasteiger partial charge in [-0.3, -0.25) is 10.0 Å². The lowest BCUT2D eigenvalue weighted by Gasteiger charge is -2.24. The van der Waals surface area contributed by atoms with Gasteiger partial charge in [-0.05, 0) is 31.9 Å². The molecule has 0 spiro atoms. The molecule has 1 unspecified atom stereocenters. The summed E-state index contributed by atoms with van der Waals surface area (Å²) in [6.45, 7) is 1.87. The van der Waals surface area contributed by atoms with E-state index in [1.165, 1.54) is 30.6 Å². The molecule has 1 saturated carbocycles. The number of thiophene rings is 1. The van der Waals surface area contributed by atoms with Gasteiger partial charge in [0.15, 0.2) is 0 Å². The maximum Gasteiger partial charge on any atom is 0.315 e. The lowest BCUT2D eigenvalue weighted by Crippen LogP contribution is -2.43. The van der Waals surface area contributed by atoms with Gasteiger partial charge in [0.2, 0.25) is 0 Å². The zero-order valence-electron chi connectivity index (χ0n) is 12.0. The van der Waals surface area contributed by atoms with Crippen molar-refractivity contribution >= 4 is 23.3 Å². The second kappa shape index (κ2) is 7.42. The van der Waals surface area contributed by atoms with Gasteiger partial charge < -0.3 is 10.6 Å². The molecule has 1 aliphatic carbocycles. The number of hydrogen-bond donors (Lipinski definition) is 4. The number of carbonyl (C=O) groups excluding carboxylic acids is 2. The molecule has 1 heterocycles. The van der Waals surface area contributed by atoms with Crippen LogP contribution >= 0.6 is 11.3 Å². The number of urea groups is 1. The Balaban J connectivity index is 1.85. The molecule has 2 rings (SSSR count). The average molecular weight is 311 g/mol. The SMILES string of the molecule is CC(NC(=O)NC1CCCCC1)c1ccc(C(=O)NO)s1. The average Bonchev–Trinajstić information content (AvgIpc) is 2.97. The second-order valence-electron chi connectivity index (χ2n) is 5.32. The monoisotopic (exact) mass is 311 g/mol. The predicted molar refractivity (Wildman–Crippen MR) is 80.5 cm³/mol. The zero-order chi connectivity index (χ0) is 15.2. The number of rotatable bonds is 4. The third-order valence-corrected chi connectivity index (χ3v) is 4.93. The highest BCUT2D eigenvalue weighted by Gasteiger charge is 2.18. The highest BCUT2D eigenvalue weighted by atomic mass is 32.1. The minimum Gasteiger partial charge on any atom is -0.335 e. The maximum absolute atomic E-state index is 12.0. The van der Waals surface area contributed by atoms with Gasteiger partial charge in [-0.2, -0.15) is 0 Å². The van der Waals surface area contributed by atoms with Gasteiger partial charge >= 0.3 is 6.03 Å². The van der Waals surface area contributed by atoms with Crippen molar-refractivity contribution in [3.63, 3.8) is 0 Å². The van der Waals surface area contributed by atoms with Crippen molar-refractivity contribution in [1.29, 1.82) is 0 Å². The maximum atomic E-state index is 12.0. The lowest BCUT2D eigenvalue weighted by molar-refractivity contribution is 0.0711. The Labute approximate surface area is 127 Å². The first-order valence-electron chi connectivity index (χ1n) is 7.21. The predicted octanol–water partition coefficient (Wildman–Crippen LogP) is 2.56. The van der Waals surface area contributed by atoms with Gasteiger partial charge in [0.05, 0.1) is 10.9 Å². The summed E-state index contributed by atoms with van der Waals surface area (Å²) in [5.41, 5.74) is 1.60. The van der Waals surface area contributed by atoms with Crippen LogP contribution in [0.25, 0.3) is 0 Å². The molecule has 7 heteroatoms. The summed E-state index contributed by atoms with van der Waals surface area (Å²) in [5.74, 6) is -0.537. The first-order valence-corrected chi connectivity index (χ1v) is 8.03. The molecule has 6 nitrogen and oxygen atoms in total. The van der Waals surface area contributed by atoms with Gasteiger partial charge in [0.1, 0.15) is 0 Å². The van der Waals surface area contributed by atoms with Crippen molar-refractivity contribution in [2.75, 3.05) is 0 Å². The number of carbonyl (C=O) groups is 2. The topological polar surface area (TPSA) is 90.5 Å². The molecular weight excluding hydrogens is 290 g/mol. The van der Waals surface area contributed by atoms with Crippen LogP contribution in [0.1, 0.15) is 59.6 Å². The highest BCUT2D eigenvalue weighted by molar-refractivity contribution is 7.14. The first kappa shape index (κ1) is 15.8. The summed E-state index contributed by atoms with van der Waals surface area (Å²) in [7, 11) is 0. The smallest absolute Gasteiger partial charge is 0.315 e. The largest absolute Gasteiger partial charge is 0.335 e. The van der Waals surface area contributed by atoms with Crippen LogP contribution in [0.15, 0.2) is 12.1 Å². The van der Waals surface area contributed by atoms with E-state index in [9.17, 15) is 9.59 Å². The Kier molecular flexibility index (Phi) is 5.58. The van der Waals surface area contributed by atoms with Crippen LogP contribution in [0.4, 0.5) is 4.79 Å². The Morgan fingerprint density at radius 2 is 2.00 bits per heavy atom. The molecule has 0 radical (unpaired) electrons. The van der Waals surface area contributed by atoms with Gasteiger partial charge in [-0.25, -0.2) is 10.3 Å². The molecule has 1 aliphatic rings. The molecule has 1 fully saturated rings. The summed E-state index contributed by atoms with van der Waals surface area (Å²) >= 11 is 1.25. The number of hydroxylamine groups is 1. The van der Waals surface area contributed by atoms with E-state index in [4.69, 9.17) is 5.21 Å². The highest BCUT2D eigenvalue weighted by Crippen LogP contribution is 2.23. The molecular formula is C14H21N3O3S. The van der Waals surface area contributed by atoms with Crippen molar-refractivity contribution in [1.82, 2.24) is 16.1 Å². The Bertz CT molecular complexity index is 497. The fourth-order valence-corrected chi connectivity index (χ4v) is 3.40. The molecule has 1 aromatic rings. The third kappa shape index (κ3) is 4.44. The van der Waals surface area contributed by atoms with Crippen molar-refractivity contribution < 1.29 is 14.8 Å². The minimum atomic E-state index is -0.537. The molecule has 21 heavy (non-hydrogen) atoms. The van der Waals surface area contributed by atoms with Gasteiger partial charge in [0.25, 0.3) is 5.91 Å². The van der Waals surface area contributed by atoms with E-state index in [2.05, 4.69) is 10.6 Å². The Morgan fingerprint density at radius 1 is 1.29 bits per heavy atom. The summed E-state index contributed by atoms with van der Waals surface area (Å²) in [5, 5.41) is 14.5. The Morgan fingerprint density at radius 3 is 2.67 bits per heavy atom. The van der Waals surface area contributed by atoms with E-state index < -0.39 is 5.91 Å². The van der Waals surface area contributed by atoms with E-state index in [0.29, 0.717) is 4.88 Å². The molecule has 1 atom stereocenters. The minimum absolute atomic E-state index is 0.170. The zero-order valence-corrected chi connectivity index (χ0v) is 12.8. The van der Waals surface area contributed by atoms with Crippen LogP contribution in [-0.4, -0.2) is 23.2 Å². The third-order valence-electron chi connectivity index (χ3n) is 3.67. The summed E-state index contributed by atoms with van der Waals surface area (Å²) in [6.07, 6.45) is 5.68. The van der Waals surface area contributed by atoms with E-state index in [1.807, 2.05) is 6.92 Å². The van der Waals surface area contributed by atoms with Crippen molar-refractivity contribution in [3.8, 4) is 0 Å². The molecule has 1 aromatic heterocycles. The van der Waals surface area contributed by atoms with Crippen molar-refractivity contribution in [2.24, 2.45) is 0 Å². The van der Waals surface area contributed by atoms with E-state index in [0.717, 1.165) is 17.7 Å².